The van der Waals surface area contributed by atoms with Crippen molar-refractivity contribution in [2.24, 2.45) is 10.8 Å². The molecular weight excluding hydrogens is 558 g/mol. The van der Waals surface area contributed by atoms with E-state index in [4.69, 9.17) is 0 Å². The second kappa shape index (κ2) is 10.5. The summed E-state index contributed by atoms with van der Waals surface area (Å²) in [5.41, 5.74) is -0.456. The molecule has 6 rings (SSSR count). The molecule has 3 aliphatic rings. The first kappa shape index (κ1) is 28.6. The molecule has 3 amide bonds. The minimum absolute atomic E-state index is 0.0717. The molecule has 41 heavy (non-hydrogen) atoms. The Morgan fingerprint density at radius 1 is 0.976 bits per heavy atom. The Balaban J connectivity index is 1.28. The quantitative estimate of drug-likeness (QED) is 0.366. The van der Waals surface area contributed by atoms with Gasteiger partial charge < -0.3 is 10.6 Å². The van der Waals surface area contributed by atoms with Crippen LogP contribution in [0.5, 0.6) is 0 Å². The molecule has 3 N–H and O–H groups in total. The number of rotatable bonds is 8. The van der Waals surface area contributed by atoms with Gasteiger partial charge in [0.1, 0.15) is 17.2 Å². The Labute approximate surface area is 235 Å². The van der Waals surface area contributed by atoms with Crippen LogP contribution in [0.1, 0.15) is 70.6 Å². The van der Waals surface area contributed by atoms with E-state index in [0.29, 0.717) is 49.7 Å². The van der Waals surface area contributed by atoms with Gasteiger partial charge in [-0.25, -0.2) is 26.7 Å². The van der Waals surface area contributed by atoms with Crippen LogP contribution in [0.3, 0.4) is 0 Å². The largest absolute Gasteiger partial charge is 0.350 e. The summed E-state index contributed by atoms with van der Waals surface area (Å²) < 4.78 is 54.3. The summed E-state index contributed by atoms with van der Waals surface area (Å²) in [4.78, 5) is 42.9. The first-order chi connectivity index (χ1) is 19.3. The lowest BCUT2D eigenvalue weighted by Gasteiger charge is -2.52. The number of hydrogen-bond acceptors (Lipinski definition) is 7. The van der Waals surface area contributed by atoms with Crippen LogP contribution in [0.15, 0.2) is 30.5 Å². The fourth-order valence-electron chi connectivity index (χ4n) is 5.81. The molecular formula is C27H30F2N6O5S. The highest BCUT2D eigenvalue weighted by Gasteiger charge is 2.52. The normalized spacial score (nSPS) is 22.0. The van der Waals surface area contributed by atoms with Crippen molar-refractivity contribution in [3.8, 4) is 0 Å². The lowest BCUT2D eigenvalue weighted by molar-refractivity contribution is -0.138. The topological polar surface area (TPSA) is 152 Å². The van der Waals surface area contributed by atoms with Gasteiger partial charge in [0.15, 0.2) is 11.5 Å². The Bertz CT molecular complexity index is 1650. The molecule has 0 saturated heterocycles. The molecule has 0 unspecified atom stereocenters. The van der Waals surface area contributed by atoms with Crippen LogP contribution in [-0.4, -0.2) is 53.5 Å². The number of carbonyl (C=O) groups excluding carboxylic acids is 3. The third kappa shape index (κ3) is 5.78. The predicted octanol–water partition coefficient (Wildman–Crippen LogP) is 2.39. The molecule has 0 aliphatic heterocycles. The molecule has 2 aromatic heterocycles. The minimum Gasteiger partial charge on any atom is -0.350 e. The van der Waals surface area contributed by atoms with Crippen LogP contribution in [0.4, 0.5) is 8.78 Å². The average Bonchev–Trinajstić information content (AvgIpc) is 3.32. The van der Waals surface area contributed by atoms with Crippen LogP contribution in [0.2, 0.25) is 0 Å². The number of halogens is 2. The van der Waals surface area contributed by atoms with E-state index < -0.39 is 39.0 Å². The first-order valence-corrected chi connectivity index (χ1v) is 15.1. The highest BCUT2D eigenvalue weighted by molar-refractivity contribution is 7.89. The van der Waals surface area contributed by atoms with E-state index in [2.05, 4.69) is 25.4 Å². The number of fused-ring (bicyclic) bond motifs is 4. The van der Waals surface area contributed by atoms with Crippen molar-refractivity contribution in [1.29, 1.82) is 0 Å². The summed E-state index contributed by atoms with van der Waals surface area (Å²) in [6, 6.07) is 5.67. The number of nitrogens with zero attached hydrogens (tertiary/aromatic N) is 3. The van der Waals surface area contributed by atoms with Gasteiger partial charge in [0.05, 0.1) is 17.9 Å². The molecule has 2 bridgehead atoms. The summed E-state index contributed by atoms with van der Waals surface area (Å²) >= 11 is 0. The highest BCUT2D eigenvalue weighted by Crippen LogP contribution is 2.56. The zero-order valence-corrected chi connectivity index (χ0v) is 23.4. The lowest BCUT2D eigenvalue weighted by atomic mass is 9.53. The molecule has 1 aromatic carbocycles. The summed E-state index contributed by atoms with van der Waals surface area (Å²) in [5, 5.41) is 9.45. The number of sulfonamides is 1. The van der Waals surface area contributed by atoms with Gasteiger partial charge in [-0.15, -0.1) is 0 Å². The second-order valence-corrected chi connectivity index (χ2v) is 12.9. The highest BCUT2D eigenvalue weighted by atomic mass is 32.2. The summed E-state index contributed by atoms with van der Waals surface area (Å²) in [6.45, 7) is 1.97. The maximum absolute atomic E-state index is 14.5. The number of aromatic nitrogens is 3. The van der Waals surface area contributed by atoms with Crippen molar-refractivity contribution in [3.05, 3.63) is 64.6 Å². The Morgan fingerprint density at radius 3 is 2.29 bits per heavy atom. The molecule has 3 aromatic rings. The van der Waals surface area contributed by atoms with Gasteiger partial charge in [0.2, 0.25) is 15.9 Å². The van der Waals surface area contributed by atoms with Crippen molar-refractivity contribution in [2.75, 3.05) is 12.8 Å². The van der Waals surface area contributed by atoms with E-state index in [1.165, 1.54) is 18.2 Å². The fraction of sp³-hybridized carbons (Fsp3) is 0.444. The van der Waals surface area contributed by atoms with Crippen LogP contribution >= 0.6 is 0 Å². The van der Waals surface area contributed by atoms with Gasteiger partial charge >= 0.3 is 0 Å². The van der Waals surface area contributed by atoms with Crippen LogP contribution in [0, 0.1) is 29.4 Å². The average molecular weight is 589 g/mol. The van der Waals surface area contributed by atoms with Crippen molar-refractivity contribution < 1.29 is 31.6 Å². The monoisotopic (exact) mass is 588 g/mol. The molecule has 0 radical (unpaired) electrons. The van der Waals surface area contributed by atoms with Gasteiger partial charge in [0, 0.05) is 19.2 Å². The van der Waals surface area contributed by atoms with Gasteiger partial charge in [-0.05, 0) is 68.1 Å². The smallest absolute Gasteiger partial charge is 0.270 e. The molecule has 2 heterocycles. The van der Waals surface area contributed by atoms with Crippen molar-refractivity contribution in [2.45, 2.75) is 52.0 Å². The van der Waals surface area contributed by atoms with Gasteiger partial charge in [-0.3, -0.25) is 19.1 Å². The van der Waals surface area contributed by atoms with E-state index in [0.717, 1.165) is 17.0 Å². The van der Waals surface area contributed by atoms with Crippen molar-refractivity contribution in [3.63, 3.8) is 0 Å². The molecule has 0 atom stereocenters. The zero-order valence-electron chi connectivity index (χ0n) is 22.6. The lowest BCUT2D eigenvalue weighted by Crippen LogP contribution is -2.53. The summed E-state index contributed by atoms with van der Waals surface area (Å²) in [5.74, 6) is -2.86. The third-order valence-electron chi connectivity index (χ3n) is 8.35. The number of amides is 3. The summed E-state index contributed by atoms with van der Waals surface area (Å²) in [6.07, 6.45) is 5.26. The zero-order chi connectivity index (χ0) is 29.6. The van der Waals surface area contributed by atoms with E-state index in [-0.39, 0.29) is 41.4 Å². The maximum Gasteiger partial charge on any atom is 0.270 e. The Kier molecular flexibility index (Phi) is 7.30. The van der Waals surface area contributed by atoms with Gasteiger partial charge in [-0.1, -0.05) is 12.1 Å². The van der Waals surface area contributed by atoms with E-state index in [1.54, 1.807) is 13.0 Å². The van der Waals surface area contributed by atoms with E-state index >= 15 is 0 Å². The fourth-order valence-corrected chi connectivity index (χ4v) is 6.36. The number of benzene rings is 1. The van der Waals surface area contributed by atoms with Gasteiger partial charge in [0.25, 0.3) is 11.8 Å². The SMILES string of the molecule is Cc1cc(CNC(=O)c2cc(C(=O)NCC34CCC(C(=O)NS(C)(=O)=O)(CC3)CC4)n3ncc(F)c3n2)ccc1F. The predicted molar refractivity (Wildman–Crippen MR) is 143 cm³/mol. The van der Waals surface area contributed by atoms with E-state index in [1.807, 2.05) is 0 Å². The number of hydrogen-bond donors (Lipinski definition) is 3. The van der Waals surface area contributed by atoms with E-state index in [9.17, 15) is 31.6 Å². The molecule has 3 aliphatic carbocycles. The third-order valence-corrected chi connectivity index (χ3v) is 8.91. The van der Waals surface area contributed by atoms with Crippen molar-refractivity contribution >= 4 is 33.4 Å². The number of aryl methyl sites for hydroxylation is 1. The van der Waals surface area contributed by atoms with Crippen molar-refractivity contribution in [1.82, 2.24) is 30.0 Å². The van der Waals surface area contributed by atoms with Crippen LogP contribution in [0.25, 0.3) is 5.65 Å². The Hall–Kier alpha value is -3.94. The number of carbonyl (C=O) groups is 3. The molecule has 14 heteroatoms. The molecule has 0 spiro atoms. The first-order valence-electron chi connectivity index (χ1n) is 13.2. The maximum atomic E-state index is 14.5. The molecule has 3 saturated carbocycles. The van der Waals surface area contributed by atoms with Crippen LogP contribution < -0.4 is 15.4 Å². The number of nitrogens with one attached hydrogen (secondary N) is 3. The molecule has 218 valence electrons. The second-order valence-electron chi connectivity index (χ2n) is 11.2. The standard InChI is InChI=1S/C27H30F2N6O5S/c1-16-11-17(3-4-18(16)28)13-30-23(36)20-12-21(35-22(33-20)19(29)14-32-35)24(37)31-15-26-5-8-27(9-6-26,10-7-26)25(38)34-41(2,39)40/h3-4,11-12,14H,5-10,13,15H2,1-2H3,(H,30,36)(H,31,37)(H,34,38). The molecule has 11 nitrogen and oxygen atoms in total. The van der Waals surface area contributed by atoms with Gasteiger partial charge in [-0.2, -0.15) is 5.10 Å². The molecule has 3 fully saturated rings. The minimum atomic E-state index is -3.66. The summed E-state index contributed by atoms with van der Waals surface area (Å²) in [7, 11) is -3.66. The Morgan fingerprint density at radius 2 is 1.66 bits per heavy atom. The van der Waals surface area contributed by atoms with Crippen LogP contribution in [-0.2, 0) is 21.4 Å².